The molecule has 164 valence electrons. The van der Waals surface area contributed by atoms with Gasteiger partial charge in [0.2, 0.25) is 0 Å². The molecule has 31 heavy (non-hydrogen) atoms. The van der Waals surface area contributed by atoms with Gasteiger partial charge in [-0.15, -0.1) is 0 Å². The van der Waals surface area contributed by atoms with E-state index in [1.54, 1.807) is 7.05 Å². The number of halogens is 2. The second-order valence-corrected chi connectivity index (χ2v) is 7.77. The van der Waals surface area contributed by atoms with Crippen LogP contribution < -0.4 is 9.91 Å². The first-order valence-electron chi connectivity index (χ1n) is 10.3. The van der Waals surface area contributed by atoms with Crippen LogP contribution in [0.3, 0.4) is 0 Å². The highest BCUT2D eigenvalue weighted by Crippen LogP contribution is 2.32. The maximum Gasteiger partial charge on any atom is 0.426 e. The highest BCUT2D eigenvalue weighted by atomic mass is 19.1. The molecule has 3 rings (SSSR count). The normalized spacial score (nSPS) is 23.9. The standard InChI is InChI=1S/C21H28F2N8/c1-5-20(24)30-8-6-7-15(13-30)26-11-17-16(23)10-27-21(29-17)31(4)19(9-14(2)22)18(25-3)12-28-31/h3,9-10,12,15,24,26H,5-8,11,13H2,1-2,4H3/q+2/b14-9+,24-20?/t15-,31?/m0/s1. The third-order valence-electron chi connectivity index (χ3n) is 5.51. The smallest absolute Gasteiger partial charge is 0.359 e. The number of rotatable bonds is 6. The Bertz CT molecular complexity index is 990. The van der Waals surface area contributed by atoms with Gasteiger partial charge in [0, 0.05) is 38.2 Å². The number of piperidine rings is 1. The zero-order valence-corrected chi connectivity index (χ0v) is 18.1. The Labute approximate surface area is 180 Å². The highest BCUT2D eigenvalue weighted by molar-refractivity contribution is 5.87. The van der Waals surface area contributed by atoms with Crippen LogP contribution in [0, 0.1) is 17.8 Å². The van der Waals surface area contributed by atoms with Gasteiger partial charge in [-0.05, 0) is 24.6 Å². The zero-order valence-electron chi connectivity index (χ0n) is 18.1. The summed E-state index contributed by atoms with van der Waals surface area (Å²) in [6, 6.07) is 0.128. The van der Waals surface area contributed by atoms with E-state index >= 15 is 0 Å². The highest BCUT2D eigenvalue weighted by Gasteiger charge is 2.45. The molecule has 2 atom stereocenters. The van der Waals surface area contributed by atoms with Crippen molar-refractivity contribution in [1.29, 1.82) is 5.41 Å². The number of amidine groups is 1. The van der Waals surface area contributed by atoms with E-state index in [0.29, 0.717) is 30.2 Å². The number of hydrogen-bond donors (Lipinski definition) is 2. The van der Waals surface area contributed by atoms with Crippen LogP contribution in [-0.4, -0.2) is 53.1 Å². The monoisotopic (exact) mass is 430 g/mol. The second kappa shape index (κ2) is 9.41. The van der Waals surface area contributed by atoms with E-state index in [-0.39, 0.29) is 28.8 Å². The van der Waals surface area contributed by atoms with Crippen molar-refractivity contribution in [3.63, 3.8) is 0 Å². The molecule has 0 bridgehead atoms. The Hall–Kier alpha value is -3.03. The van der Waals surface area contributed by atoms with Crippen LogP contribution in [0.5, 0.6) is 0 Å². The molecule has 0 aromatic carbocycles. The van der Waals surface area contributed by atoms with E-state index in [0.717, 1.165) is 25.6 Å². The molecule has 0 radical (unpaired) electrons. The van der Waals surface area contributed by atoms with Crippen LogP contribution in [0.25, 0.3) is 4.85 Å². The van der Waals surface area contributed by atoms with Crippen LogP contribution in [-0.2, 0) is 6.54 Å². The summed E-state index contributed by atoms with van der Waals surface area (Å²) in [4.78, 5) is 14.2. The Morgan fingerprint density at radius 2 is 2.29 bits per heavy atom. The van der Waals surface area contributed by atoms with Crippen LogP contribution in [0.1, 0.15) is 38.8 Å². The summed E-state index contributed by atoms with van der Waals surface area (Å²) in [7, 11) is 1.66. The molecule has 1 fully saturated rings. The van der Waals surface area contributed by atoms with Gasteiger partial charge >= 0.3 is 11.6 Å². The molecule has 0 amide bonds. The first-order chi connectivity index (χ1) is 14.8. The van der Waals surface area contributed by atoms with Crippen molar-refractivity contribution in [2.24, 2.45) is 5.10 Å². The SMILES string of the molecule is C#[N+]C1=C(/C=C(\C)F)[N+](C)(c2ncc(F)c(CN[C@H]3CCCN(C(=N)CC)C3)n2)N=C1. The van der Waals surface area contributed by atoms with Gasteiger partial charge in [0.1, 0.15) is 12.9 Å². The van der Waals surface area contributed by atoms with Gasteiger partial charge in [-0.2, -0.15) is 9.97 Å². The number of allylic oxidation sites excluding steroid dienone is 3. The van der Waals surface area contributed by atoms with Gasteiger partial charge in [-0.25, -0.2) is 8.78 Å². The summed E-state index contributed by atoms with van der Waals surface area (Å²) < 4.78 is 27.8. The molecule has 2 N–H and O–H groups in total. The number of likely N-dealkylation sites (tertiary alicyclic amines) is 1. The molecular weight excluding hydrogens is 402 g/mol. The van der Waals surface area contributed by atoms with Crippen molar-refractivity contribution in [3.8, 4) is 6.57 Å². The summed E-state index contributed by atoms with van der Waals surface area (Å²) in [5, 5.41) is 15.7. The van der Waals surface area contributed by atoms with E-state index < -0.39 is 11.6 Å². The lowest BCUT2D eigenvalue weighted by Crippen LogP contribution is -2.47. The first kappa shape index (κ1) is 22.7. The molecule has 2 aliphatic rings. The van der Waals surface area contributed by atoms with Gasteiger partial charge in [0.25, 0.3) is 12.3 Å². The molecule has 8 nitrogen and oxygen atoms in total. The van der Waals surface area contributed by atoms with E-state index in [1.165, 1.54) is 19.2 Å². The van der Waals surface area contributed by atoms with Crippen molar-refractivity contribution in [2.45, 2.75) is 45.7 Å². The van der Waals surface area contributed by atoms with Crippen molar-refractivity contribution in [3.05, 3.63) is 45.8 Å². The Morgan fingerprint density at radius 1 is 1.52 bits per heavy atom. The fourth-order valence-corrected chi connectivity index (χ4v) is 3.75. The summed E-state index contributed by atoms with van der Waals surface area (Å²) in [6.07, 6.45) is 6.38. The first-order valence-corrected chi connectivity index (χ1v) is 10.3. The topological polar surface area (TPSA) is 81.6 Å². The number of nitrogens with zero attached hydrogens (tertiary/aromatic N) is 6. The van der Waals surface area contributed by atoms with E-state index in [1.807, 2.05) is 6.92 Å². The van der Waals surface area contributed by atoms with E-state index in [9.17, 15) is 8.78 Å². The molecular formula is C21H28F2N8+2. The molecule has 10 heteroatoms. The summed E-state index contributed by atoms with van der Waals surface area (Å²) in [5.41, 5.74) is 0.850. The third-order valence-corrected chi connectivity index (χ3v) is 5.51. The number of aromatic nitrogens is 2. The maximum absolute atomic E-state index is 14.5. The minimum atomic E-state index is -0.536. The predicted molar refractivity (Wildman–Crippen MR) is 118 cm³/mol. The molecule has 1 aromatic rings. The molecule has 1 saturated heterocycles. The Balaban J connectivity index is 1.80. The van der Waals surface area contributed by atoms with Crippen LogP contribution in [0.2, 0.25) is 0 Å². The van der Waals surface area contributed by atoms with Gasteiger partial charge in [-0.3, -0.25) is 5.41 Å². The lowest BCUT2D eigenvalue weighted by molar-refractivity contribution is 0.269. The Morgan fingerprint density at radius 3 is 2.97 bits per heavy atom. The summed E-state index contributed by atoms with van der Waals surface area (Å²) in [5.74, 6) is -0.192. The number of quaternary nitrogens is 1. The van der Waals surface area contributed by atoms with Crippen LogP contribution in [0.15, 0.2) is 34.6 Å². The third kappa shape index (κ3) is 4.84. The molecule has 2 aliphatic heterocycles. The van der Waals surface area contributed by atoms with Gasteiger partial charge in [-0.1, -0.05) is 16.6 Å². The van der Waals surface area contributed by atoms with E-state index in [2.05, 4.69) is 30.1 Å². The lowest BCUT2D eigenvalue weighted by Gasteiger charge is -2.34. The zero-order chi connectivity index (χ0) is 22.6. The van der Waals surface area contributed by atoms with Crippen LogP contribution >= 0.6 is 0 Å². The maximum atomic E-state index is 14.5. The Kier molecular flexibility index (Phi) is 6.87. The molecule has 1 unspecified atom stereocenters. The average molecular weight is 431 g/mol. The number of likely N-dealkylation sites (N-methyl/N-ethyl adjacent to an activating group) is 1. The minimum Gasteiger partial charge on any atom is -0.359 e. The van der Waals surface area contributed by atoms with Gasteiger partial charge in [0.05, 0.1) is 17.7 Å². The average Bonchev–Trinajstić information content (AvgIpc) is 3.08. The molecule has 1 aromatic heterocycles. The van der Waals surface area contributed by atoms with Crippen molar-refractivity contribution in [2.75, 3.05) is 20.1 Å². The predicted octanol–water partition coefficient (Wildman–Crippen LogP) is 3.54. The molecule has 0 spiro atoms. The fraction of sp³-hybridized carbons (Fsp3) is 0.476. The van der Waals surface area contributed by atoms with Crippen molar-refractivity contribution in [1.82, 2.24) is 24.8 Å². The van der Waals surface area contributed by atoms with Crippen molar-refractivity contribution >= 4 is 18.0 Å². The quantitative estimate of drug-likeness (QED) is 0.411. The number of nitrogens with one attached hydrogen (secondary N) is 2. The largest absolute Gasteiger partial charge is 0.426 e. The summed E-state index contributed by atoms with van der Waals surface area (Å²) >= 11 is 0. The fourth-order valence-electron chi connectivity index (χ4n) is 3.75. The molecule has 0 saturated carbocycles. The van der Waals surface area contributed by atoms with Crippen LogP contribution in [0.4, 0.5) is 14.7 Å². The van der Waals surface area contributed by atoms with Gasteiger partial charge in [0.15, 0.2) is 12.0 Å². The second-order valence-electron chi connectivity index (χ2n) is 7.77. The summed E-state index contributed by atoms with van der Waals surface area (Å²) in [6.45, 7) is 10.5. The van der Waals surface area contributed by atoms with Gasteiger partial charge < -0.3 is 10.2 Å². The van der Waals surface area contributed by atoms with Crippen molar-refractivity contribution < 1.29 is 8.78 Å². The molecule has 3 heterocycles. The molecule has 0 aliphatic carbocycles. The number of hydrogen-bond acceptors (Lipinski definition) is 5. The minimum absolute atomic E-state index is 0.128. The lowest BCUT2D eigenvalue weighted by atomic mass is 10.1. The van der Waals surface area contributed by atoms with E-state index in [4.69, 9.17) is 12.0 Å².